The van der Waals surface area contributed by atoms with Crippen molar-refractivity contribution < 1.29 is 28.5 Å². The molecule has 0 unspecified atom stereocenters. The lowest BCUT2D eigenvalue weighted by molar-refractivity contribution is -0.132. The third-order valence-electron chi connectivity index (χ3n) is 6.24. The molecule has 1 N–H and O–H groups in total. The average Bonchev–Trinajstić information content (AvgIpc) is 2.91. The summed E-state index contributed by atoms with van der Waals surface area (Å²) in [6, 6.07) is 13.0. The maximum Gasteiger partial charge on any atom is 0.411 e. The molecule has 1 fully saturated rings. The zero-order valence-corrected chi connectivity index (χ0v) is 22.3. The SMILES string of the molecule is COc1ccc(C2=NN(Cc3ccc(NC(=O)OCCN4CCOCC4)cc3)C(=O)CC2)cc1OC(C)C. The van der Waals surface area contributed by atoms with Gasteiger partial charge < -0.3 is 18.9 Å². The molecule has 10 nitrogen and oxygen atoms in total. The summed E-state index contributed by atoms with van der Waals surface area (Å²) in [5.41, 5.74) is 3.23. The number of nitrogens with one attached hydrogen (secondary N) is 1. The molecule has 38 heavy (non-hydrogen) atoms. The third-order valence-corrected chi connectivity index (χ3v) is 6.24. The molecule has 2 aliphatic heterocycles. The van der Waals surface area contributed by atoms with Gasteiger partial charge in [-0.25, -0.2) is 9.80 Å². The molecule has 2 aromatic rings. The molecule has 0 radical (unpaired) electrons. The van der Waals surface area contributed by atoms with Gasteiger partial charge in [-0.2, -0.15) is 5.10 Å². The van der Waals surface area contributed by atoms with Crippen LogP contribution in [0, 0.1) is 0 Å². The first kappa shape index (κ1) is 27.4. The molecular formula is C28H36N4O6. The van der Waals surface area contributed by atoms with E-state index in [2.05, 4.69) is 15.3 Å². The number of amides is 2. The lowest BCUT2D eigenvalue weighted by Crippen LogP contribution is -2.38. The zero-order valence-electron chi connectivity index (χ0n) is 22.3. The van der Waals surface area contributed by atoms with Gasteiger partial charge in [-0.15, -0.1) is 0 Å². The highest BCUT2D eigenvalue weighted by molar-refractivity contribution is 6.04. The number of anilines is 1. The summed E-state index contributed by atoms with van der Waals surface area (Å²) >= 11 is 0. The van der Waals surface area contributed by atoms with Crippen LogP contribution < -0.4 is 14.8 Å². The second-order valence-electron chi connectivity index (χ2n) is 9.44. The standard InChI is InChI=1S/C28H36N4O6/c1-20(2)38-26-18-22(6-10-25(26)35-3)24-9-11-27(33)32(30-24)19-21-4-7-23(8-5-21)29-28(34)37-17-14-31-12-15-36-16-13-31/h4-8,10,18,20H,9,11-17,19H2,1-3H3,(H,29,34). The van der Waals surface area contributed by atoms with Crippen LogP contribution in [0.15, 0.2) is 47.6 Å². The van der Waals surface area contributed by atoms with Crippen LogP contribution in [-0.4, -0.2) is 80.3 Å². The van der Waals surface area contributed by atoms with Gasteiger partial charge in [0.25, 0.3) is 0 Å². The number of hydrogen-bond donors (Lipinski definition) is 1. The molecule has 0 aliphatic carbocycles. The van der Waals surface area contributed by atoms with Crippen molar-refractivity contribution >= 4 is 23.4 Å². The minimum Gasteiger partial charge on any atom is -0.493 e. The second kappa shape index (κ2) is 13.3. The topological polar surface area (TPSA) is 102 Å². The van der Waals surface area contributed by atoms with Crippen LogP contribution in [-0.2, 0) is 20.8 Å². The van der Waals surface area contributed by atoms with Crippen LogP contribution >= 0.6 is 0 Å². The number of carbonyl (C=O) groups is 2. The molecule has 204 valence electrons. The Labute approximate surface area is 223 Å². The summed E-state index contributed by atoms with van der Waals surface area (Å²) in [6.07, 6.45) is 0.437. The van der Waals surface area contributed by atoms with Gasteiger partial charge in [0.1, 0.15) is 6.61 Å². The average molecular weight is 525 g/mol. The predicted octanol–water partition coefficient (Wildman–Crippen LogP) is 3.89. The van der Waals surface area contributed by atoms with E-state index in [9.17, 15) is 9.59 Å². The zero-order chi connectivity index (χ0) is 26.9. The largest absolute Gasteiger partial charge is 0.493 e. The van der Waals surface area contributed by atoms with Crippen LogP contribution in [0.5, 0.6) is 11.5 Å². The summed E-state index contributed by atoms with van der Waals surface area (Å²) in [7, 11) is 1.61. The summed E-state index contributed by atoms with van der Waals surface area (Å²) in [5, 5.41) is 8.89. The Morgan fingerprint density at radius 1 is 1.08 bits per heavy atom. The van der Waals surface area contributed by atoms with E-state index in [0.717, 1.165) is 29.9 Å². The molecule has 0 aromatic heterocycles. The maximum atomic E-state index is 12.6. The highest BCUT2D eigenvalue weighted by atomic mass is 16.5. The van der Waals surface area contributed by atoms with Crippen molar-refractivity contribution in [2.45, 2.75) is 39.3 Å². The number of hydrazone groups is 1. The smallest absolute Gasteiger partial charge is 0.411 e. The summed E-state index contributed by atoms with van der Waals surface area (Å²) in [4.78, 5) is 26.9. The summed E-state index contributed by atoms with van der Waals surface area (Å²) in [5.74, 6) is 1.27. The Morgan fingerprint density at radius 2 is 1.84 bits per heavy atom. The minimum absolute atomic E-state index is 0.0000627. The lowest BCUT2D eigenvalue weighted by Gasteiger charge is -2.26. The van der Waals surface area contributed by atoms with Crippen LogP contribution in [0.3, 0.4) is 0 Å². The van der Waals surface area contributed by atoms with Gasteiger partial charge in [-0.1, -0.05) is 12.1 Å². The van der Waals surface area contributed by atoms with E-state index in [0.29, 0.717) is 62.9 Å². The molecule has 0 bridgehead atoms. The Bertz CT molecular complexity index is 1130. The fraction of sp³-hybridized carbons (Fsp3) is 0.464. The molecule has 10 heteroatoms. The highest BCUT2D eigenvalue weighted by Crippen LogP contribution is 2.30. The van der Waals surface area contributed by atoms with Gasteiger partial charge >= 0.3 is 6.09 Å². The monoisotopic (exact) mass is 524 g/mol. The molecule has 0 saturated carbocycles. The van der Waals surface area contributed by atoms with Crippen molar-refractivity contribution in [2.75, 3.05) is 51.9 Å². The molecule has 1 saturated heterocycles. The predicted molar refractivity (Wildman–Crippen MR) is 144 cm³/mol. The van der Waals surface area contributed by atoms with Gasteiger partial charge in [-0.05, 0) is 49.7 Å². The van der Waals surface area contributed by atoms with E-state index < -0.39 is 6.09 Å². The van der Waals surface area contributed by atoms with E-state index in [-0.39, 0.29) is 12.0 Å². The molecular weight excluding hydrogens is 488 g/mol. The van der Waals surface area contributed by atoms with Gasteiger partial charge in [0.15, 0.2) is 11.5 Å². The number of methoxy groups -OCH3 is 1. The fourth-order valence-electron chi connectivity index (χ4n) is 4.25. The molecule has 2 aromatic carbocycles. The number of carbonyl (C=O) groups excluding carboxylic acids is 2. The van der Waals surface area contributed by atoms with Crippen LogP contribution in [0.1, 0.15) is 37.8 Å². The van der Waals surface area contributed by atoms with Crippen LogP contribution in [0.2, 0.25) is 0 Å². The number of rotatable bonds is 10. The fourth-order valence-corrected chi connectivity index (χ4v) is 4.25. The van der Waals surface area contributed by atoms with Crippen molar-refractivity contribution in [2.24, 2.45) is 5.10 Å². The number of benzene rings is 2. The number of hydrogen-bond acceptors (Lipinski definition) is 8. The number of morpholine rings is 1. The molecule has 0 atom stereocenters. The molecule has 2 amide bonds. The van der Waals surface area contributed by atoms with E-state index in [4.69, 9.17) is 18.9 Å². The summed E-state index contributed by atoms with van der Waals surface area (Å²) in [6.45, 7) is 8.38. The molecule has 4 rings (SSSR count). The van der Waals surface area contributed by atoms with E-state index in [1.165, 1.54) is 5.01 Å². The van der Waals surface area contributed by atoms with Crippen molar-refractivity contribution in [3.63, 3.8) is 0 Å². The van der Waals surface area contributed by atoms with E-state index >= 15 is 0 Å². The van der Waals surface area contributed by atoms with E-state index in [1.807, 2.05) is 44.2 Å². The Morgan fingerprint density at radius 3 is 2.55 bits per heavy atom. The van der Waals surface area contributed by atoms with Crippen molar-refractivity contribution in [3.05, 3.63) is 53.6 Å². The first-order chi connectivity index (χ1) is 18.4. The molecule has 2 aliphatic rings. The van der Waals surface area contributed by atoms with Crippen LogP contribution in [0.25, 0.3) is 0 Å². The van der Waals surface area contributed by atoms with Crippen molar-refractivity contribution in [1.29, 1.82) is 0 Å². The van der Waals surface area contributed by atoms with Crippen molar-refractivity contribution in [1.82, 2.24) is 9.91 Å². The quantitative estimate of drug-likeness (QED) is 0.503. The number of ether oxygens (including phenoxy) is 4. The maximum absolute atomic E-state index is 12.6. The van der Waals surface area contributed by atoms with Crippen LogP contribution in [0.4, 0.5) is 10.5 Å². The van der Waals surface area contributed by atoms with Gasteiger partial charge in [0.2, 0.25) is 5.91 Å². The Hall–Kier alpha value is -3.63. The van der Waals surface area contributed by atoms with Gasteiger partial charge in [0.05, 0.1) is 38.7 Å². The normalized spacial score (nSPS) is 16.3. The Kier molecular flexibility index (Phi) is 9.56. The molecule has 0 spiro atoms. The van der Waals surface area contributed by atoms with E-state index in [1.54, 1.807) is 19.2 Å². The van der Waals surface area contributed by atoms with Gasteiger partial charge in [0, 0.05) is 43.7 Å². The first-order valence-electron chi connectivity index (χ1n) is 13.0. The number of nitrogens with zero attached hydrogens (tertiary/aromatic N) is 3. The highest BCUT2D eigenvalue weighted by Gasteiger charge is 2.22. The Balaban J connectivity index is 1.33. The first-order valence-corrected chi connectivity index (χ1v) is 13.0. The third kappa shape index (κ3) is 7.69. The van der Waals surface area contributed by atoms with Crippen molar-refractivity contribution in [3.8, 4) is 11.5 Å². The minimum atomic E-state index is -0.494. The lowest BCUT2D eigenvalue weighted by atomic mass is 10.0. The summed E-state index contributed by atoms with van der Waals surface area (Å²) < 4.78 is 21.9. The second-order valence-corrected chi connectivity index (χ2v) is 9.44. The molecule has 2 heterocycles. The van der Waals surface area contributed by atoms with Gasteiger partial charge in [-0.3, -0.25) is 15.0 Å².